The lowest BCUT2D eigenvalue weighted by Gasteiger charge is -2.35. The molecule has 30 heavy (non-hydrogen) atoms. The molecule has 1 rings (SSSR count). The number of halogens is 11. The minimum absolute atomic E-state index is 0.0947. The smallest absolute Gasteiger partial charge is 0.423 e. The molecule has 0 heterocycles. The SMILES string of the molecule is CC(=O)Nc1cc(B(O)O)cc(C(F)(OC(F)(F)C(F)(F)C(F)(F)F)C(F)(F)F)c1. The molecule has 1 atom stereocenters. The fourth-order valence-electron chi connectivity index (χ4n) is 1.95. The molecule has 0 spiro atoms. The fraction of sp³-hybridized carbons (Fsp3) is 0.462. The average Bonchev–Trinajstić information content (AvgIpc) is 2.50. The van der Waals surface area contributed by atoms with E-state index in [0.717, 1.165) is 6.92 Å². The summed E-state index contributed by atoms with van der Waals surface area (Å²) in [5.74, 6) is -14.3. The van der Waals surface area contributed by atoms with Crippen LogP contribution in [0.3, 0.4) is 0 Å². The number of nitrogens with one attached hydrogen (secondary N) is 1. The lowest BCUT2D eigenvalue weighted by molar-refractivity contribution is -0.488. The third-order valence-corrected chi connectivity index (χ3v) is 3.30. The van der Waals surface area contributed by atoms with E-state index in [4.69, 9.17) is 10.0 Å². The Hall–Kier alpha value is -2.14. The molecule has 0 fully saturated rings. The second-order valence-corrected chi connectivity index (χ2v) is 5.68. The van der Waals surface area contributed by atoms with Crippen LogP contribution in [0, 0.1) is 0 Å². The van der Waals surface area contributed by atoms with Gasteiger partial charge in [-0.25, -0.2) is 0 Å². The van der Waals surface area contributed by atoms with E-state index >= 15 is 0 Å². The maximum atomic E-state index is 14.6. The molecule has 0 bridgehead atoms. The first-order valence-corrected chi connectivity index (χ1v) is 7.23. The van der Waals surface area contributed by atoms with Gasteiger partial charge in [0.2, 0.25) is 5.91 Å². The number of hydrogen-bond donors (Lipinski definition) is 3. The molecule has 170 valence electrons. The Kier molecular flexibility index (Phi) is 6.77. The summed E-state index contributed by atoms with van der Waals surface area (Å²) in [6.45, 7) is 0.767. The fourth-order valence-corrected chi connectivity index (χ4v) is 1.95. The van der Waals surface area contributed by atoms with Crippen molar-refractivity contribution in [3.8, 4) is 0 Å². The number of amides is 1. The van der Waals surface area contributed by atoms with Gasteiger partial charge in [0, 0.05) is 18.2 Å². The van der Waals surface area contributed by atoms with Crippen molar-refractivity contribution < 1.29 is 67.9 Å². The molecule has 0 saturated heterocycles. The van der Waals surface area contributed by atoms with E-state index < -0.39 is 60.0 Å². The molecule has 0 aliphatic heterocycles. The Balaban J connectivity index is 3.71. The normalized spacial score (nSPS) is 15.5. The second-order valence-electron chi connectivity index (χ2n) is 5.68. The van der Waals surface area contributed by atoms with Crippen molar-refractivity contribution >= 4 is 24.2 Å². The predicted octanol–water partition coefficient (Wildman–Crippen LogP) is 2.82. The minimum atomic E-state index is -7.25. The number of ether oxygens (including phenoxy) is 1. The first-order valence-electron chi connectivity index (χ1n) is 7.23. The van der Waals surface area contributed by atoms with Crippen LogP contribution in [0.5, 0.6) is 0 Å². The van der Waals surface area contributed by atoms with Crippen molar-refractivity contribution in [1.29, 1.82) is 0 Å². The van der Waals surface area contributed by atoms with Gasteiger partial charge in [0.15, 0.2) is 0 Å². The maximum absolute atomic E-state index is 14.6. The molecule has 0 aliphatic rings. The monoisotopic (exact) mass is 463 g/mol. The molecule has 1 aromatic rings. The second kappa shape index (κ2) is 7.84. The van der Waals surface area contributed by atoms with Crippen LogP contribution in [0.25, 0.3) is 0 Å². The van der Waals surface area contributed by atoms with Crippen LogP contribution in [-0.2, 0) is 15.4 Å². The Bertz CT molecular complexity index is 796. The molecule has 1 amide bonds. The number of hydrogen-bond acceptors (Lipinski definition) is 4. The summed E-state index contributed by atoms with van der Waals surface area (Å²) in [4.78, 5) is 11.0. The van der Waals surface area contributed by atoms with Gasteiger partial charge in [0.05, 0.1) is 0 Å². The number of rotatable bonds is 6. The highest BCUT2D eigenvalue weighted by atomic mass is 19.4. The van der Waals surface area contributed by atoms with Gasteiger partial charge in [-0.05, 0) is 17.6 Å². The Labute approximate surface area is 159 Å². The molecule has 0 aromatic heterocycles. The van der Waals surface area contributed by atoms with Gasteiger partial charge in [-0.2, -0.15) is 48.3 Å². The van der Waals surface area contributed by atoms with Gasteiger partial charge in [0.25, 0.3) is 0 Å². The molecule has 0 aliphatic carbocycles. The Morgan fingerprint density at radius 2 is 1.40 bits per heavy atom. The van der Waals surface area contributed by atoms with Crippen LogP contribution >= 0.6 is 0 Å². The summed E-state index contributed by atoms with van der Waals surface area (Å²) in [6.07, 6.45) is -20.9. The van der Waals surface area contributed by atoms with E-state index in [9.17, 15) is 53.1 Å². The van der Waals surface area contributed by atoms with Gasteiger partial charge in [0.1, 0.15) is 0 Å². The third kappa shape index (κ3) is 4.95. The van der Waals surface area contributed by atoms with Crippen molar-refractivity contribution in [1.82, 2.24) is 0 Å². The summed E-state index contributed by atoms with van der Waals surface area (Å²) >= 11 is 0. The Morgan fingerprint density at radius 1 is 0.900 bits per heavy atom. The molecule has 5 nitrogen and oxygen atoms in total. The summed E-state index contributed by atoms with van der Waals surface area (Å²) < 4.78 is 146. The predicted molar refractivity (Wildman–Crippen MR) is 76.4 cm³/mol. The molecule has 1 aromatic carbocycles. The van der Waals surface area contributed by atoms with Gasteiger partial charge >= 0.3 is 37.4 Å². The van der Waals surface area contributed by atoms with Crippen LogP contribution in [-0.4, -0.2) is 47.5 Å². The lowest BCUT2D eigenvalue weighted by Crippen LogP contribution is -2.58. The zero-order chi connectivity index (χ0) is 23.9. The van der Waals surface area contributed by atoms with Crippen LogP contribution in [0.2, 0.25) is 0 Å². The molecule has 0 radical (unpaired) electrons. The van der Waals surface area contributed by atoms with Crippen molar-refractivity contribution in [2.24, 2.45) is 0 Å². The highest BCUT2D eigenvalue weighted by Crippen LogP contribution is 2.53. The number of carbonyl (C=O) groups excluding carboxylic acids is 1. The zero-order valence-electron chi connectivity index (χ0n) is 14.2. The lowest BCUT2D eigenvalue weighted by atomic mass is 9.78. The highest BCUT2D eigenvalue weighted by molar-refractivity contribution is 6.58. The molecule has 1 unspecified atom stereocenters. The number of anilines is 1. The van der Waals surface area contributed by atoms with E-state index in [2.05, 4.69) is 4.74 Å². The first kappa shape index (κ1) is 25.9. The van der Waals surface area contributed by atoms with E-state index in [0.29, 0.717) is 6.07 Å². The number of alkyl halides is 11. The minimum Gasteiger partial charge on any atom is -0.423 e. The van der Waals surface area contributed by atoms with Crippen LogP contribution in [0.1, 0.15) is 12.5 Å². The number of carbonyl (C=O) groups is 1. The van der Waals surface area contributed by atoms with Crippen molar-refractivity contribution in [2.45, 2.75) is 37.2 Å². The van der Waals surface area contributed by atoms with Gasteiger partial charge in [-0.3, -0.25) is 9.53 Å². The van der Waals surface area contributed by atoms with E-state index in [1.807, 2.05) is 0 Å². The summed E-state index contributed by atoms with van der Waals surface area (Å²) in [5.41, 5.74) is -4.16. The van der Waals surface area contributed by atoms with Gasteiger partial charge in [-0.1, -0.05) is 6.07 Å². The average molecular weight is 463 g/mol. The standard InChI is InChI=1S/C13H9BF11NO4/c1-5(27)26-8-3-6(2-7(4-8)14(28)29)9(15,11(18,19)20)30-13(24,25)10(16,17)12(21,22)23/h2-4,28-29H,1H3,(H,26,27). The zero-order valence-corrected chi connectivity index (χ0v) is 14.2. The van der Waals surface area contributed by atoms with Crippen molar-refractivity contribution in [2.75, 3.05) is 5.32 Å². The van der Waals surface area contributed by atoms with Gasteiger partial charge < -0.3 is 15.4 Å². The van der Waals surface area contributed by atoms with E-state index in [1.54, 1.807) is 5.32 Å². The summed E-state index contributed by atoms with van der Waals surface area (Å²) in [7, 11) is -2.70. The number of benzene rings is 1. The topological polar surface area (TPSA) is 78.8 Å². The Morgan fingerprint density at radius 3 is 1.77 bits per heavy atom. The molecule has 0 saturated carbocycles. The maximum Gasteiger partial charge on any atom is 0.488 e. The van der Waals surface area contributed by atoms with Crippen LogP contribution in [0.4, 0.5) is 54.0 Å². The molecular formula is C13H9BF11NO4. The molecular weight excluding hydrogens is 454 g/mol. The van der Waals surface area contributed by atoms with E-state index in [1.165, 1.54) is 0 Å². The molecule has 17 heteroatoms. The highest BCUT2D eigenvalue weighted by Gasteiger charge is 2.78. The molecule has 3 N–H and O–H groups in total. The van der Waals surface area contributed by atoms with Crippen LogP contribution < -0.4 is 10.8 Å². The van der Waals surface area contributed by atoms with Crippen molar-refractivity contribution in [3.63, 3.8) is 0 Å². The van der Waals surface area contributed by atoms with Gasteiger partial charge in [-0.15, -0.1) is 0 Å². The third-order valence-electron chi connectivity index (χ3n) is 3.30. The summed E-state index contributed by atoms with van der Waals surface area (Å²) in [6, 6.07) is 0.225. The first-order chi connectivity index (χ1) is 13.2. The van der Waals surface area contributed by atoms with Crippen molar-refractivity contribution in [3.05, 3.63) is 23.8 Å². The largest absolute Gasteiger partial charge is 0.488 e. The summed E-state index contributed by atoms with van der Waals surface area (Å²) in [5, 5.41) is 19.8. The quantitative estimate of drug-likeness (QED) is 0.448. The van der Waals surface area contributed by atoms with Crippen LogP contribution in [0.15, 0.2) is 18.2 Å². The van der Waals surface area contributed by atoms with E-state index in [-0.39, 0.29) is 12.1 Å².